The smallest absolute Gasteiger partial charge is 0.341 e. The van der Waals surface area contributed by atoms with Gasteiger partial charge in [-0.25, -0.2) is 9.59 Å². The van der Waals surface area contributed by atoms with Crippen LogP contribution < -0.4 is 0 Å². The highest BCUT2D eigenvalue weighted by Gasteiger charge is 2.23. The Morgan fingerprint density at radius 2 is 1.58 bits per heavy atom. The van der Waals surface area contributed by atoms with E-state index < -0.39 is 28.3 Å². The summed E-state index contributed by atoms with van der Waals surface area (Å²) in [5.74, 6) is -2.60. The SMILES string of the molecule is COC(=O)c1cccc(Cc2cc([N+](=O)[O-])cc(C(=O)OC)c2O)c1O. The minimum absolute atomic E-state index is 0.0110. The van der Waals surface area contributed by atoms with Crippen molar-refractivity contribution in [2.45, 2.75) is 6.42 Å². The molecule has 0 saturated carbocycles. The summed E-state index contributed by atoms with van der Waals surface area (Å²) in [4.78, 5) is 33.8. The van der Waals surface area contributed by atoms with Gasteiger partial charge in [-0.2, -0.15) is 0 Å². The van der Waals surface area contributed by atoms with Crippen LogP contribution in [0.4, 0.5) is 5.69 Å². The number of benzene rings is 2. The lowest BCUT2D eigenvalue weighted by Gasteiger charge is -2.11. The van der Waals surface area contributed by atoms with Crippen molar-refractivity contribution in [3.63, 3.8) is 0 Å². The summed E-state index contributed by atoms with van der Waals surface area (Å²) in [5, 5.41) is 31.6. The maximum absolute atomic E-state index is 11.7. The highest BCUT2D eigenvalue weighted by atomic mass is 16.6. The summed E-state index contributed by atoms with van der Waals surface area (Å²) >= 11 is 0. The molecule has 0 bridgehead atoms. The summed E-state index contributed by atoms with van der Waals surface area (Å²) in [6, 6.07) is 6.27. The van der Waals surface area contributed by atoms with Crippen molar-refractivity contribution in [1.29, 1.82) is 0 Å². The molecule has 0 unspecified atom stereocenters. The van der Waals surface area contributed by atoms with Gasteiger partial charge >= 0.3 is 11.9 Å². The van der Waals surface area contributed by atoms with E-state index in [1.54, 1.807) is 0 Å². The molecule has 0 atom stereocenters. The Kier molecular flexibility index (Phi) is 5.41. The van der Waals surface area contributed by atoms with Gasteiger partial charge in [-0.3, -0.25) is 10.1 Å². The van der Waals surface area contributed by atoms with E-state index in [0.29, 0.717) is 0 Å². The van der Waals surface area contributed by atoms with Gasteiger partial charge in [-0.15, -0.1) is 0 Å². The number of phenols is 2. The summed E-state index contributed by atoms with van der Waals surface area (Å²) in [5.41, 5.74) is -0.679. The molecular weight excluding hydrogens is 346 g/mol. The van der Waals surface area contributed by atoms with Gasteiger partial charge in [-0.1, -0.05) is 12.1 Å². The first kappa shape index (κ1) is 18.7. The van der Waals surface area contributed by atoms with Gasteiger partial charge in [-0.05, 0) is 11.6 Å². The zero-order valence-electron chi connectivity index (χ0n) is 13.9. The first-order chi connectivity index (χ1) is 12.3. The van der Waals surface area contributed by atoms with Crippen LogP contribution in [0.1, 0.15) is 31.8 Å². The lowest BCUT2D eigenvalue weighted by atomic mass is 9.98. The average Bonchev–Trinajstić information content (AvgIpc) is 2.63. The predicted molar refractivity (Wildman–Crippen MR) is 88.4 cm³/mol. The van der Waals surface area contributed by atoms with Crippen LogP contribution in [0.2, 0.25) is 0 Å². The first-order valence-electron chi connectivity index (χ1n) is 7.27. The fourth-order valence-corrected chi connectivity index (χ4v) is 2.40. The maximum Gasteiger partial charge on any atom is 0.341 e. The minimum Gasteiger partial charge on any atom is -0.507 e. The van der Waals surface area contributed by atoms with E-state index in [-0.39, 0.29) is 34.4 Å². The summed E-state index contributed by atoms with van der Waals surface area (Å²) in [6.07, 6.45) is -0.172. The lowest BCUT2D eigenvalue weighted by Crippen LogP contribution is -2.06. The molecule has 9 heteroatoms. The van der Waals surface area contributed by atoms with E-state index in [2.05, 4.69) is 9.47 Å². The van der Waals surface area contributed by atoms with Crippen molar-refractivity contribution in [2.24, 2.45) is 0 Å². The number of nitro benzene ring substituents is 1. The second-order valence-corrected chi connectivity index (χ2v) is 5.23. The number of nitro groups is 1. The molecular formula is C17H15NO8. The third kappa shape index (κ3) is 3.56. The number of hydrogen-bond donors (Lipinski definition) is 2. The van der Waals surface area contributed by atoms with Crippen molar-refractivity contribution < 1.29 is 34.2 Å². The molecule has 26 heavy (non-hydrogen) atoms. The molecule has 0 heterocycles. The van der Waals surface area contributed by atoms with E-state index >= 15 is 0 Å². The van der Waals surface area contributed by atoms with Crippen molar-refractivity contribution in [3.8, 4) is 11.5 Å². The molecule has 0 aliphatic rings. The van der Waals surface area contributed by atoms with Gasteiger partial charge < -0.3 is 19.7 Å². The maximum atomic E-state index is 11.7. The van der Waals surface area contributed by atoms with Gasteiger partial charge in [0.05, 0.1) is 19.1 Å². The van der Waals surface area contributed by atoms with E-state index in [1.807, 2.05) is 0 Å². The largest absolute Gasteiger partial charge is 0.507 e. The van der Waals surface area contributed by atoms with Gasteiger partial charge in [0, 0.05) is 24.1 Å². The molecule has 2 aromatic carbocycles. The number of carbonyl (C=O) groups excluding carboxylic acids is 2. The monoisotopic (exact) mass is 361 g/mol. The molecule has 2 aromatic rings. The molecule has 0 aliphatic carbocycles. The lowest BCUT2D eigenvalue weighted by molar-refractivity contribution is -0.385. The van der Waals surface area contributed by atoms with Crippen LogP contribution in [-0.2, 0) is 15.9 Å². The molecule has 0 saturated heterocycles. The number of non-ortho nitro benzene ring substituents is 1. The van der Waals surface area contributed by atoms with E-state index in [0.717, 1.165) is 26.4 Å². The number of ether oxygens (including phenoxy) is 2. The van der Waals surface area contributed by atoms with Crippen molar-refractivity contribution in [1.82, 2.24) is 0 Å². The number of phenolic OH excluding ortho intramolecular Hbond substituents is 2. The molecule has 0 spiro atoms. The van der Waals surface area contributed by atoms with E-state index in [4.69, 9.17) is 0 Å². The van der Waals surface area contributed by atoms with Crippen molar-refractivity contribution >= 4 is 17.6 Å². The Labute approximate surface area is 147 Å². The van der Waals surface area contributed by atoms with Crippen molar-refractivity contribution in [3.05, 3.63) is 62.7 Å². The van der Waals surface area contributed by atoms with Crippen LogP contribution in [0.25, 0.3) is 0 Å². The van der Waals surface area contributed by atoms with Gasteiger partial charge in [0.2, 0.25) is 0 Å². The number of esters is 2. The molecule has 0 amide bonds. The Morgan fingerprint density at radius 3 is 2.15 bits per heavy atom. The Morgan fingerprint density at radius 1 is 1.00 bits per heavy atom. The van der Waals surface area contributed by atoms with Crippen LogP contribution in [-0.4, -0.2) is 41.3 Å². The van der Waals surface area contributed by atoms with Gasteiger partial charge in [0.15, 0.2) is 0 Å². The summed E-state index contributed by atoms with van der Waals surface area (Å²) in [6.45, 7) is 0. The highest BCUT2D eigenvalue weighted by molar-refractivity contribution is 5.94. The molecule has 2 N–H and O–H groups in total. The Hall–Kier alpha value is -3.62. The highest BCUT2D eigenvalue weighted by Crippen LogP contribution is 2.33. The summed E-state index contributed by atoms with van der Waals surface area (Å²) in [7, 11) is 2.23. The van der Waals surface area contributed by atoms with Gasteiger partial charge in [0.25, 0.3) is 5.69 Å². The minimum atomic E-state index is -0.944. The number of aromatic hydroxyl groups is 2. The third-order valence-corrected chi connectivity index (χ3v) is 3.70. The third-order valence-electron chi connectivity index (χ3n) is 3.70. The molecule has 0 aliphatic heterocycles. The predicted octanol–water partition coefficient (Wildman–Crippen LogP) is 2.17. The normalized spacial score (nSPS) is 10.2. The standard InChI is InChI=1S/C17H15NO8/c1-25-16(21)12-5-3-4-9(14(12)19)6-10-7-11(18(23)24)8-13(15(10)20)17(22)26-2/h3-5,7-8,19-20H,6H2,1-2H3. The number of nitrogens with zero attached hydrogens (tertiary/aromatic N) is 1. The van der Waals surface area contributed by atoms with Crippen LogP contribution in [0.3, 0.4) is 0 Å². The number of hydrogen-bond acceptors (Lipinski definition) is 8. The average molecular weight is 361 g/mol. The van der Waals surface area contributed by atoms with Crippen LogP contribution in [0.5, 0.6) is 11.5 Å². The number of methoxy groups -OCH3 is 2. The van der Waals surface area contributed by atoms with E-state index in [9.17, 15) is 29.9 Å². The molecule has 0 aromatic heterocycles. The molecule has 0 fully saturated rings. The molecule has 9 nitrogen and oxygen atoms in total. The molecule has 2 rings (SSSR count). The van der Waals surface area contributed by atoms with Crippen LogP contribution in [0.15, 0.2) is 30.3 Å². The number of rotatable bonds is 5. The van der Waals surface area contributed by atoms with Crippen LogP contribution in [0, 0.1) is 10.1 Å². The molecule has 136 valence electrons. The second kappa shape index (κ2) is 7.51. The Bertz CT molecular complexity index is 891. The molecule has 0 radical (unpaired) electrons. The number of para-hydroxylation sites is 1. The first-order valence-corrected chi connectivity index (χ1v) is 7.27. The van der Waals surface area contributed by atoms with E-state index in [1.165, 1.54) is 18.2 Å². The second-order valence-electron chi connectivity index (χ2n) is 5.23. The fourth-order valence-electron chi connectivity index (χ4n) is 2.40. The zero-order chi connectivity index (χ0) is 19.4. The quantitative estimate of drug-likeness (QED) is 0.470. The summed E-state index contributed by atoms with van der Waals surface area (Å²) < 4.78 is 9.08. The topological polar surface area (TPSA) is 136 Å². The Balaban J connectivity index is 2.56. The fraction of sp³-hybridized carbons (Fsp3) is 0.176. The van der Waals surface area contributed by atoms with Crippen molar-refractivity contribution in [2.75, 3.05) is 14.2 Å². The van der Waals surface area contributed by atoms with Crippen LogP contribution >= 0.6 is 0 Å². The zero-order valence-corrected chi connectivity index (χ0v) is 13.9. The van der Waals surface area contributed by atoms with Gasteiger partial charge in [0.1, 0.15) is 22.6 Å². The number of carbonyl (C=O) groups is 2.